The highest BCUT2D eigenvalue weighted by Gasteiger charge is 2.26. The van der Waals surface area contributed by atoms with E-state index in [-0.39, 0.29) is 5.91 Å². The Hall–Kier alpha value is -1.92. The number of hydrogen-bond donors (Lipinski definition) is 1. The lowest BCUT2D eigenvalue weighted by molar-refractivity contribution is -0.136. The van der Waals surface area contributed by atoms with Crippen LogP contribution in [0.25, 0.3) is 0 Å². The van der Waals surface area contributed by atoms with Crippen LogP contribution in [0.2, 0.25) is 0 Å². The van der Waals surface area contributed by atoms with Crippen LogP contribution in [0.4, 0.5) is 0 Å². The quantitative estimate of drug-likeness (QED) is 0.861. The molecular formula is C20H30N4O2. The number of carbonyl (C=O) groups excluding carboxylic acids is 2. The summed E-state index contributed by atoms with van der Waals surface area (Å²) in [6.45, 7) is 8.26. The number of nitrogens with two attached hydrogens (primary N) is 1. The van der Waals surface area contributed by atoms with Crippen molar-refractivity contribution < 1.29 is 9.59 Å². The minimum Gasteiger partial charge on any atom is -0.366 e. The molecule has 2 amide bonds. The topological polar surface area (TPSA) is 69.9 Å². The van der Waals surface area contributed by atoms with E-state index >= 15 is 0 Å². The minimum absolute atomic E-state index is 0.285. The van der Waals surface area contributed by atoms with E-state index in [4.69, 9.17) is 5.73 Å². The van der Waals surface area contributed by atoms with Gasteiger partial charge in [0.15, 0.2) is 0 Å². The number of piperidine rings is 1. The van der Waals surface area contributed by atoms with Crippen molar-refractivity contribution in [3.8, 4) is 0 Å². The molecule has 6 nitrogen and oxygen atoms in total. The lowest BCUT2D eigenvalue weighted by Gasteiger charge is -2.38. The molecule has 0 aromatic heterocycles. The normalized spacial score (nSPS) is 22.3. The summed E-state index contributed by atoms with van der Waals surface area (Å²) in [5.74, 6) is -0.106. The average Bonchev–Trinajstić information content (AvgIpc) is 2.64. The number of carbonyl (C=O) groups is 2. The first-order valence-electron chi connectivity index (χ1n) is 9.66. The zero-order valence-corrected chi connectivity index (χ0v) is 15.7. The predicted molar refractivity (Wildman–Crippen MR) is 102 cm³/mol. The second-order valence-corrected chi connectivity index (χ2v) is 7.55. The summed E-state index contributed by atoms with van der Waals surface area (Å²) in [4.78, 5) is 30.4. The third-order valence-corrected chi connectivity index (χ3v) is 5.59. The molecule has 6 heteroatoms. The third-order valence-electron chi connectivity index (χ3n) is 5.59. The molecule has 2 N–H and O–H groups in total. The van der Waals surface area contributed by atoms with Crippen molar-refractivity contribution in [1.29, 1.82) is 0 Å². The van der Waals surface area contributed by atoms with Gasteiger partial charge in [-0.05, 0) is 43.9 Å². The third kappa shape index (κ3) is 4.83. The van der Waals surface area contributed by atoms with Gasteiger partial charge in [0.05, 0.1) is 6.54 Å². The van der Waals surface area contributed by atoms with Gasteiger partial charge in [0, 0.05) is 50.9 Å². The van der Waals surface area contributed by atoms with Crippen LogP contribution < -0.4 is 5.73 Å². The van der Waals surface area contributed by atoms with Crippen molar-refractivity contribution in [3.63, 3.8) is 0 Å². The van der Waals surface area contributed by atoms with Crippen molar-refractivity contribution in [2.24, 2.45) is 5.73 Å². The zero-order valence-electron chi connectivity index (χ0n) is 15.7. The van der Waals surface area contributed by atoms with Crippen molar-refractivity contribution in [1.82, 2.24) is 14.7 Å². The maximum atomic E-state index is 12.6. The number of rotatable bonds is 5. The Labute approximate surface area is 155 Å². The number of likely N-dealkylation sites (tertiary alicyclic amines) is 1. The second-order valence-electron chi connectivity index (χ2n) is 7.55. The van der Waals surface area contributed by atoms with Crippen molar-refractivity contribution >= 4 is 11.8 Å². The number of primary amides is 1. The standard InChI is InChI=1S/C20H30N4O2/c1-16-4-2-3-9-24(16)19(25)15-23-12-10-22(11-13-23)14-17-5-7-18(8-6-17)20(21)26/h5-8,16H,2-4,9-15H2,1H3,(H2,21,26). The van der Waals surface area contributed by atoms with Gasteiger partial charge in [-0.3, -0.25) is 19.4 Å². The summed E-state index contributed by atoms with van der Waals surface area (Å²) in [5.41, 5.74) is 7.01. The fraction of sp³-hybridized carbons (Fsp3) is 0.600. The number of hydrogen-bond acceptors (Lipinski definition) is 4. The summed E-state index contributed by atoms with van der Waals surface area (Å²) >= 11 is 0. The maximum Gasteiger partial charge on any atom is 0.248 e. The Bertz CT molecular complexity index is 623. The smallest absolute Gasteiger partial charge is 0.248 e. The Balaban J connectivity index is 1.43. The molecule has 0 bridgehead atoms. The van der Waals surface area contributed by atoms with E-state index in [9.17, 15) is 9.59 Å². The molecule has 26 heavy (non-hydrogen) atoms. The van der Waals surface area contributed by atoms with Gasteiger partial charge < -0.3 is 10.6 Å². The molecule has 0 spiro atoms. The van der Waals surface area contributed by atoms with E-state index in [0.29, 0.717) is 18.2 Å². The Morgan fingerprint density at radius 1 is 1.00 bits per heavy atom. The van der Waals surface area contributed by atoms with Gasteiger partial charge in [-0.25, -0.2) is 0 Å². The minimum atomic E-state index is -0.391. The summed E-state index contributed by atoms with van der Waals surface area (Å²) in [6, 6.07) is 7.89. The summed E-state index contributed by atoms with van der Waals surface area (Å²) < 4.78 is 0. The molecular weight excluding hydrogens is 328 g/mol. The van der Waals surface area contributed by atoms with E-state index < -0.39 is 5.91 Å². The molecule has 2 aliphatic heterocycles. The number of nitrogens with zero attached hydrogens (tertiary/aromatic N) is 3. The van der Waals surface area contributed by atoms with Gasteiger partial charge >= 0.3 is 0 Å². The molecule has 1 atom stereocenters. The van der Waals surface area contributed by atoms with E-state index in [1.165, 1.54) is 12.0 Å². The molecule has 1 aromatic rings. The molecule has 1 aromatic carbocycles. The van der Waals surface area contributed by atoms with Gasteiger partial charge in [-0.15, -0.1) is 0 Å². The molecule has 2 saturated heterocycles. The number of amides is 2. The second kappa shape index (κ2) is 8.64. The fourth-order valence-corrected chi connectivity index (χ4v) is 3.89. The lowest BCUT2D eigenvalue weighted by atomic mass is 10.0. The molecule has 0 radical (unpaired) electrons. The highest BCUT2D eigenvalue weighted by molar-refractivity contribution is 5.92. The molecule has 2 heterocycles. The van der Waals surface area contributed by atoms with Crippen LogP contribution >= 0.6 is 0 Å². The van der Waals surface area contributed by atoms with Crippen LogP contribution in [-0.4, -0.2) is 71.8 Å². The van der Waals surface area contributed by atoms with E-state index in [2.05, 4.69) is 21.6 Å². The van der Waals surface area contributed by atoms with Gasteiger partial charge in [0.25, 0.3) is 0 Å². The van der Waals surface area contributed by atoms with Gasteiger partial charge in [0.1, 0.15) is 0 Å². The highest BCUT2D eigenvalue weighted by Crippen LogP contribution is 2.17. The molecule has 1 unspecified atom stereocenters. The van der Waals surface area contributed by atoms with Gasteiger partial charge in [-0.1, -0.05) is 12.1 Å². The first kappa shape index (κ1) is 18.9. The van der Waals surface area contributed by atoms with Gasteiger partial charge in [-0.2, -0.15) is 0 Å². The molecule has 0 aliphatic carbocycles. The number of benzene rings is 1. The lowest BCUT2D eigenvalue weighted by Crippen LogP contribution is -2.51. The van der Waals surface area contributed by atoms with E-state index in [0.717, 1.165) is 52.1 Å². The number of piperazine rings is 1. The van der Waals surface area contributed by atoms with E-state index in [1.54, 1.807) is 12.1 Å². The van der Waals surface area contributed by atoms with Crippen LogP contribution in [0, 0.1) is 0 Å². The fourth-order valence-electron chi connectivity index (χ4n) is 3.89. The monoisotopic (exact) mass is 358 g/mol. The molecule has 3 rings (SSSR count). The Morgan fingerprint density at radius 2 is 1.65 bits per heavy atom. The summed E-state index contributed by atoms with van der Waals surface area (Å²) in [5, 5.41) is 0. The van der Waals surface area contributed by atoms with Crippen molar-refractivity contribution in [3.05, 3.63) is 35.4 Å². The molecule has 2 aliphatic rings. The van der Waals surface area contributed by atoms with Gasteiger partial charge in [0.2, 0.25) is 11.8 Å². The van der Waals surface area contributed by atoms with Crippen molar-refractivity contribution in [2.75, 3.05) is 39.3 Å². The zero-order chi connectivity index (χ0) is 18.5. The summed E-state index contributed by atoms with van der Waals surface area (Å²) in [6.07, 6.45) is 3.51. The molecule has 2 fully saturated rings. The highest BCUT2D eigenvalue weighted by atomic mass is 16.2. The van der Waals surface area contributed by atoms with Crippen LogP contribution in [0.3, 0.4) is 0 Å². The first-order valence-corrected chi connectivity index (χ1v) is 9.66. The first-order chi connectivity index (χ1) is 12.5. The summed E-state index contributed by atoms with van der Waals surface area (Å²) in [7, 11) is 0. The Kier molecular flexibility index (Phi) is 6.27. The average molecular weight is 358 g/mol. The Morgan fingerprint density at radius 3 is 2.27 bits per heavy atom. The largest absolute Gasteiger partial charge is 0.366 e. The molecule has 142 valence electrons. The van der Waals surface area contributed by atoms with E-state index in [1.807, 2.05) is 12.1 Å². The SMILES string of the molecule is CC1CCCCN1C(=O)CN1CCN(Cc2ccc(C(N)=O)cc2)CC1. The van der Waals surface area contributed by atoms with Crippen LogP contribution in [-0.2, 0) is 11.3 Å². The molecule has 0 saturated carbocycles. The van der Waals surface area contributed by atoms with Crippen LogP contribution in [0.5, 0.6) is 0 Å². The predicted octanol–water partition coefficient (Wildman–Crippen LogP) is 1.30. The maximum absolute atomic E-state index is 12.6. The van der Waals surface area contributed by atoms with Crippen LogP contribution in [0.1, 0.15) is 42.1 Å². The van der Waals surface area contributed by atoms with Crippen molar-refractivity contribution in [2.45, 2.75) is 38.8 Å². The van der Waals surface area contributed by atoms with Crippen LogP contribution in [0.15, 0.2) is 24.3 Å².